The molecule has 4 rings (SSSR count). The molecule has 0 bridgehead atoms. The molecule has 0 fully saturated rings. The van der Waals surface area contributed by atoms with E-state index in [1.165, 1.54) is 33.4 Å². The van der Waals surface area contributed by atoms with Crippen molar-refractivity contribution in [3.63, 3.8) is 0 Å². The molecule has 0 atom stereocenters. The molecule has 2 aromatic carbocycles. The van der Waals surface area contributed by atoms with Crippen LogP contribution in [0.15, 0.2) is 87.2 Å². The van der Waals surface area contributed by atoms with Crippen LogP contribution in [0.3, 0.4) is 0 Å². The van der Waals surface area contributed by atoms with Crippen LogP contribution in [0.2, 0.25) is 5.02 Å². The van der Waals surface area contributed by atoms with Gasteiger partial charge in [-0.3, -0.25) is 4.99 Å². The molecule has 186 valence electrons. The highest BCUT2D eigenvalue weighted by Gasteiger charge is 2.20. The summed E-state index contributed by atoms with van der Waals surface area (Å²) < 4.78 is 0. The molecule has 1 aliphatic heterocycles. The van der Waals surface area contributed by atoms with Crippen LogP contribution >= 0.6 is 23.4 Å². The quantitative estimate of drug-likeness (QED) is 0.328. The first kappa shape index (κ1) is 26.2. The number of allylic oxidation sites excluding steroid dienone is 4. The number of aryl methyl sites for hydroxylation is 2. The summed E-state index contributed by atoms with van der Waals surface area (Å²) >= 11 is 7.67. The second kappa shape index (κ2) is 11.5. The maximum Gasteiger partial charge on any atom is 0.0973 e. The third kappa shape index (κ3) is 6.11. The van der Waals surface area contributed by atoms with Crippen molar-refractivity contribution in [2.75, 3.05) is 0 Å². The summed E-state index contributed by atoms with van der Waals surface area (Å²) in [6.07, 6.45) is 10.5. The Balaban J connectivity index is 1.55. The summed E-state index contributed by atoms with van der Waals surface area (Å²) in [5, 5.41) is 9.18. The second-order valence-corrected chi connectivity index (χ2v) is 11.0. The average molecular weight is 516 g/mol. The average Bonchev–Trinajstić information content (AvgIpc) is 3.43. The van der Waals surface area contributed by atoms with Crippen LogP contribution in [-0.4, -0.2) is 15.8 Å². The molecular weight excluding hydrogens is 482 g/mol. The zero-order valence-corrected chi connectivity index (χ0v) is 23.4. The standard InChI is InChI=1S/C31H34ClN3S/c1-7-24-15-26(11-14-30(8-2)33-21(4)25-9-12-29(32)13-10-25)31-18-27(17-28(31)16-24)20(3)19-35-23(6)36-22(5)34-35/h8-10,12-13,15-16,18-19H,6-7,11,14,17H2,1-5H3/b20-19+,30-8-,33-21?. The fraction of sp³-hybridized carbons (Fsp3) is 0.290. The van der Waals surface area contributed by atoms with Gasteiger partial charge in [-0.15, -0.1) is 0 Å². The Bertz CT molecular complexity index is 1330. The lowest BCUT2D eigenvalue weighted by atomic mass is 9.95. The van der Waals surface area contributed by atoms with E-state index in [1.54, 1.807) is 11.8 Å². The lowest BCUT2D eigenvalue weighted by Crippen LogP contribution is -2.03. The van der Waals surface area contributed by atoms with Gasteiger partial charge in [-0.1, -0.05) is 73.3 Å². The van der Waals surface area contributed by atoms with Crippen LogP contribution in [-0.2, 0) is 19.3 Å². The molecule has 1 heterocycles. The number of aliphatic imine (C=N–C) groups is 1. The Hall–Kier alpha value is -2.82. The number of rotatable bonds is 8. The molecule has 0 unspecified atom stereocenters. The summed E-state index contributed by atoms with van der Waals surface area (Å²) in [5.41, 5.74) is 11.4. The summed E-state index contributed by atoms with van der Waals surface area (Å²) in [4.78, 5) is 4.94. The maximum absolute atomic E-state index is 6.05. The van der Waals surface area contributed by atoms with Gasteiger partial charge >= 0.3 is 0 Å². The highest BCUT2D eigenvalue weighted by atomic mass is 35.5. The van der Waals surface area contributed by atoms with Crippen LogP contribution in [0.4, 0.5) is 0 Å². The highest BCUT2D eigenvalue weighted by Crippen LogP contribution is 2.35. The Morgan fingerprint density at radius 1 is 1.22 bits per heavy atom. The Labute approximate surface area is 225 Å². The lowest BCUT2D eigenvalue weighted by molar-refractivity contribution is 0.539. The van der Waals surface area contributed by atoms with Gasteiger partial charge in [0.25, 0.3) is 0 Å². The zero-order chi connectivity index (χ0) is 25.8. The third-order valence-electron chi connectivity index (χ3n) is 6.67. The van der Waals surface area contributed by atoms with Crippen molar-refractivity contribution in [2.24, 2.45) is 10.1 Å². The van der Waals surface area contributed by atoms with Gasteiger partial charge in [0, 0.05) is 22.6 Å². The van der Waals surface area contributed by atoms with Gasteiger partial charge in [0.05, 0.1) is 10.1 Å². The SMILES string of the molecule is C=C1SC(C)=NN1/C=C(\C)C1=Cc2c(CC/C(=C/C)N=C(C)c3ccc(Cl)cc3)cc(CC)cc2C1. The van der Waals surface area contributed by atoms with Gasteiger partial charge < -0.3 is 0 Å². The normalized spacial score (nSPS) is 16.4. The Kier molecular flexibility index (Phi) is 8.38. The molecule has 1 aliphatic carbocycles. The van der Waals surface area contributed by atoms with Crippen LogP contribution in [0.25, 0.3) is 6.08 Å². The molecule has 0 N–H and O–H groups in total. The van der Waals surface area contributed by atoms with Crippen LogP contribution in [0.5, 0.6) is 0 Å². The Morgan fingerprint density at radius 3 is 2.61 bits per heavy atom. The van der Waals surface area contributed by atoms with Gasteiger partial charge in [-0.25, -0.2) is 5.01 Å². The number of hydrogen-bond acceptors (Lipinski definition) is 4. The summed E-state index contributed by atoms with van der Waals surface area (Å²) in [6, 6.07) is 12.6. The van der Waals surface area contributed by atoms with E-state index in [0.29, 0.717) is 0 Å². The minimum Gasteiger partial charge on any atom is -0.258 e. The first-order chi connectivity index (χ1) is 17.3. The number of fused-ring (bicyclic) bond motifs is 1. The van der Waals surface area contributed by atoms with Crippen LogP contribution in [0, 0.1) is 0 Å². The highest BCUT2D eigenvalue weighted by molar-refractivity contribution is 8.17. The van der Waals surface area contributed by atoms with Gasteiger partial charge in [0.2, 0.25) is 0 Å². The molecule has 2 aliphatic rings. The van der Waals surface area contributed by atoms with Crippen molar-refractivity contribution >= 4 is 40.2 Å². The number of halogens is 1. The Morgan fingerprint density at radius 2 is 1.97 bits per heavy atom. The molecule has 0 aromatic heterocycles. The predicted octanol–water partition coefficient (Wildman–Crippen LogP) is 8.94. The molecule has 3 nitrogen and oxygen atoms in total. The lowest BCUT2D eigenvalue weighted by Gasteiger charge is -2.12. The van der Waals surface area contributed by atoms with E-state index in [2.05, 4.69) is 69.9 Å². The number of thioether (sulfide) groups is 1. The third-order valence-corrected chi connectivity index (χ3v) is 7.72. The molecule has 2 aromatic rings. The summed E-state index contributed by atoms with van der Waals surface area (Å²) in [6.45, 7) is 14.7. The van der Waals surface area contributed by atoms with E-state index < -0.39 is 0 Å². The first-order valence-corrected chi connectivity index (χ1v) is 13.7. The van der Waals surface area contributed by atoms with E-state index in [1.807, 2.05) is 36.2 Å². The predicted molar refractivity (Wildman–Crippen MR) is 159 cm³/mol. The van der Waals surface area contributed by atoms with Gasteiger partial charge in [-0.05, 0) is 104 Å². The number of hydrogen-bond donors (Lipinski definition) is 0. The van der Waals surface area contributed by atoms with Crippen molar-refractivity contribution in [1.82, 2.24) is 5.01 Å². The molecule has 0 spiro atoms. The second-order valence-electron chi connectivity index (χ2n) is 9.28. The first-order valence-electron chi connectivity index (χ1n) is 12.5. The zero-order valence-electron chi connectivity index (χ0n) is 21.9. The van der Waals surface area contributed by atoms with Crippen molar-refractivity contribution in [2.45, 2.75) is 60.3 Å². The fourth-order valence-electron chi connectivity index (χ4n) is 4.59. The smallest absolute Gasteiger partial charge is 0.0973 e. The van der Waals surface area contributed by atoms with E-state index in [9.17, 15) is 0 Å². The number of nitrogens with zero attached hydrogens (tertiary/aromatic N) is 3. The van der Waals surface area contributed by atoms with Crippen molar-refractivity contribution in [3.05, 3.63) is 110 Å². The van der Waals surface area contributed by atoms with E-state index in [0.717, 1.165) is 57.8 Å². The van der Waals surface area contributed by atoms with Gasteiger partial charge in [-0.2, -0.15) is 5.10 Å². The number of benzene rings is 2. The number of hydrazone groups is 1. The molecule has 36 heavy (non-hydrogen) atoms. The molecular formula is C31H34ClN3S. The molecule has 5 heteroatoms. The summed E-state index contributed by atoms with van der Waals surface area (Å²) in [5.74, 6) is 0. The largest absolute Gasteiger partial charge is 0.258 e. The topological polar surface area (TPSA) is 28.0 Å². The van der Waals surface area contributed by atoms with Crippen molar-refractivity contribution in [1.29, 1.82) is 0 Å². The monoisotopic (exact) mass is 515 g/mol. The van der Waals surface area contributed by atoms with Gasteiger partial charge in [0.15, 0.2) is 0 Å². The minimum atomic E-state index is 0.743. The molecule has 0 amide bonds. The minimum absolute atomic E-state index is 0.743. The van der Waals surface area contributed by atoms with E-state index in [-0.39, 0.29) is 0 Å². The molecule has 0 radical (unpaired) electrons. The fourth-order valence-corrected chi connectivity index (χ4v) is 5.37. The van der Waals surface area contributed by atoms with Crippen molar-refractivity contribution in [3.8, 4) is 0 Å². The van der Waals surface area contributed by atoms with E-state index in [4.69, 9.17) is 16.6 Å². The molecule has 0 saturated heterocycles. The van der Waals surface area contributed by atoms with Crippen molar-refractivity contribution < 1.29 is 0 Å². The summed E-state index contributed by atoms with van der Waals surface area (Å²) in [7, 11) is 0. The van der Waals surface area contributed by atoms with Crippen LogP contribution < -0.4 is 0 Å². The van der Waals surface area contributed by atoms with E-state index >= 15 is 0 Å². The maximum atomic E-state index is 6.05. The molecule has 0 saturated carbocycles. The van der Waals surface area contributed by atoms with Gasteiger partial charge in [0.1, 0.15) is 0 Å². The van der Waals surface area contributed by atoms with Crippen LogP contribution in [0.1, 0.15) is 68.9 Å².